The molecule has 2 aliphatic carbocycles. The number of rotatable bonds is 8. The molecule has 2 saturated carbocycles. The Morgan fingerprint density at radius 1 is 1.16 bits per heavy atom. The largest absolute Gasteiger partial charge is 0.493 e. The number of hydrogen-bond acceptors (Lipinski definition) is 3. The Balaban J connectivity index is 1.54. The van der Waals surface area contributed by atoms with Gasteiger partial charge in [0.15, 0.2) is 11.5 Å². The number of methoxy groups -OCH3 is 1. The molecule has 0 atom stereocenters. The molecule has 1 aromatic carbocycles. The summed E-state index contributed by atoms with van der Waals surface area (Å²) in [5.41, 5.74) is 1.26. The predicted molar refractivity (Wildman–Crippen MR) is 75.7 cm³/mol. The van der Waals surface area contributed by atoms with E-state index >= 15 is 0 Å². The standard InChI is InChI=1S/C16H23NO2/c1-18-16-10-13(11-17-14-5-6-14)4-7-15(16)19-9-8-12-2-3-12/h4,7,10,12,14,17H,2-3,5-6,8-9,11H2,1H3. The lowest BCUT2D eigenvalue weighted by Gasteiger charge is -2.12. The number of hydrogen-bond donors (Lipinski definition) is 1. The highest BCUT2D eigenvalue weighted by Crippen LogP contribution is 2.33. The average molecular weight is 261 g/mol. The van der Waals surface area contributed by atoms with Crippen LogP contribution >= 0.6 is 0 Å². The topological polar surface area (TPSA) is 30.5 Å². The first-order chi connectivity index (χ1) is 9.35. The minimum atomic E-state index is 0.737. The van der Waals surface area contributed by atoms with Crippen LogP contribution in [0.4, 0.5) is 0 Å². The summed E-state index contributed by atoms with van der Waals surface area (Å²) >= 11 is 0. The summed E-state index contributed by atoms with van der Waals surface area (Å²) in [6, 6.07) is 6.99. The van der Waals surface area contributed by atoms with Crippen LogP contribution in [-0.4, -0.2) is 19.8 Å². The third-order valence-electron chi connectivity index (χ3n) is 3.88. The molecule has 2 aliphatic rings. The summed E-state index contributed by atoms with van der Waals surface area (Å²) in [5, 5.41) is 3.51. The van der Waals surface area contributed by atoms with Crippen LogP contribution in [0.3, 0.4) is 0 Å². The Kier molecular flexibility index (Phi) is 3.92. The molecule has 3 nitrogen and oxygen atoms in total. The third-order valence-corrected chi connectivity index (χ3v) is 3.88. The third kappa shape index (κ3) is 3.87. The summed E-state index contributed by atoms with van der Waals surface area (Å²) in [4.78, 5) is 0. The van der Waals surface area contributed by atoms with Crippen molar-refractivity contribution in [1.29, 1.82) is 0 Å². The predicted octanol–water partition coefficient (Wildman–Crippen LogP) is 3.13. The maximum absolute atomic E-state index is 5.83. The minimum absolute atomic E-state index is 0.737. The van der Waals surface area contributed by atoms with Crippen molar-refractivity contribution >= 4 is 0 Å². The van der Waals surface area contributed by atoms with Crippen molar-refractivity contribution in [3.05, 3.63) is 23.8 Å². The molecule has 0 aromatic heterocycles. The fraction of sp³-hybridized carbons (Fsp3) is 0.625. The zero-order valence-electron chi connectivity index (χ0n) is 11.7. The molecule has 1 aromatic rings. The van der Waals surface area contributed by atoms with Crippen molar-refractivity contribution in [3.63, 3.8) is 0 Å². The van der Waals surface area contributed by atoms with E-state index in [9.17, 15) is 0 Å². The van der Waals surface area contributed by atoms with Crippen molar-refractivity contribution in [2.24, 2.45) is 5.92 Å². The Hall–Kier alpha value is -1.22. The van der Waals surface area contributed by atoms with E-state index in [4.69, 9.17) is 9.47 Å². The van der Waals surface area contributed by atoms with Gasteiger partial charge in [-0.3, -0.25) is 0 Å². The summed E-state index contributed by atoms with van der Waals surface area (Å²) < 4.78 is 11.3. The van der Waals surface area contributed by atoms with Crippen LogP contribution < -0.4 is 14.8 Å². The molecule has 3 rings (SSSR count). The van der Waals surface area contributed by atoms with Crippen LogP contribution in [0.25, 0.3) is 0 Å². The van der Waals surface area contributed by atoms with E-state index < -0.39 is 0 Å². The molecule has 0 radical (unpaired) electrons. The van der Waals surface area contributed by atoms with E-state index in [2.05, 4.69) is 17.4 Å². The molecule has 0 unspecified atom stereocenters. The van der Waals surface area contributed by atoms with Gasteiger partial charge in [0, 0.05) is 12.6 Å². The maximum Gasteiger partial charge on any atom is 0.161 e. The second-order valence-electron chi connectivity index (χ2n) is 5.72. The fourth-order valence-corrected chi connectivity index (χ4v) is 2.23. The average Bonchev–Trinajstić information content (AvgIpc) is 3.31. The minimum Gasteiger partial charge on any atom is -0.493 e. The highest BCUT2D eigenvalue weighted by atomic mass is 16.5. The van der Waals surface area contributed by atoms with Crippen molar-refractivity contribution in [1.82, 2.24) is 5.32 Å². The van der Waals surface area contributed by atoms with E-state index in [0.717, 1.165) is 36.6 Å². The zero-order valence-corrected chi connectivity index (χ0v) is 11.7. The van der Waals surface area contributed by atoms with Gasteiger partial charge in [0.05, 0.1) is 13.7 Å². The molecular formula is C16H23NO2. The summed E-state index contributed by atoms with van der Waals surface area (Å²) in [6.45, 7) is 1.73. The Morgan fingerprint density at radius 2 is 2.00 bits per heavy atom. The number of benzene rings is 1. The van der Waals surface area contributed by atoms with Gasteiger partial charge in [-0.05, 0) is 42.9 Å². The normalized spacial score (nSPS) is 18.4. The molecule has 2 fully saturated rings. The van der Waals surface area contributed by atoms with E-state index in [1.807, 2.05) is 6.07 Å². The highest BCUT2D eigenvalue weighted by Gasteiger charge is 2.21. The lowest BCUT2D eigenvalue weighted by molar-refractivity contribution is 0.283. The molecule has 3 heteroatoms. The molecule has 104 valence electrons. The van der Waals surface area contributed by atoms with Crippen molar-refractivity contribution < 1.29 is 9.47 Å². The molecule has 19 heavy (non-hydrogen) atoms. The molecule has 0 heterocycles. The molecular weight excluding hydrogens is 238 g/mol. The monoisotopic (exact) mass is 261 g/mol. The molecule has 0 bridgehead atoms. The quantitative estimate of drug-likeness (QED) is 0.780. The summed E-state index contributed by atoms with van der Waals surface area (Å²) in [6.07, 6.45) is 6.58. The molecule has 0 aliphatic heterocycles. The first kappa shape index (κ1) is 12.8. The van der Waals surface area contributed by atoms with E-state index in [0.29, 0.717) is 0 Å². The Labute approximate surface area is 115 Å². The first-order valence-electron chi connectivity index (χ1n) is 7.38. The highest BCUT2D eigenvalue weighted by molar-refractivity contribution is 5.43. The molecule has 0 saturated heterocycles. The van der Waals surface area contributed by atoms with Gasteiger partial charge in [0.25, 0.3) is 0 Å². The Bertz CT molecular complexity index is 425. The van der Waals surface area contributed by atoms with Crippen LogP contribution in [0.5, 0.6) is 11.5 Å². The van der Waals surface area contributed by atoms with Gasteiger partial charge in [0.2, 0.25) is 0 Å². The molecule has 0 amide bonds. The van der Waals surface area contributed by atoms with Gasteiger partial charge < -0.3 is 14.8 Å². The number of nitrogens with one attached hydrogen (secondary N) is 1. The molecule has 1 N–H and O–H groups in total. The van der Waals surface area contributed by atoms with Gasteiger partial charge in [-0.25, -0.2) is 0 Å². The van der Waals surface area contributed by atoms with Crippen molar-refractivity contribution in [3.8, 4) is 11.5 Å². The van der Waals surface area contributed by atoms with Crippen LogP contribution in [-0.2, 0) is 6.54 Å². The van der Waals surface area contributed by atoms with E-state index in [-0.39, 0.29) is 0 Å². The maximum atomic E-state index is 5.83. The van der Waals surface area contributed by atoms with Gasteiger partial charge in [-0.1, -0.05) is 18.9 Å². The summed E-state index contributed by atoms with van der Waals surface area (Å²) in [7, 11) is 1.71. The Morgan fingerprint density at radius 3 is 2.68 bits per heavy atom. The lowest BCUT2D eigenvalue weighted by Crippen LogP contribution is -2.15. The first-order valence-corrected chi connectivity index (χ1v) is 7.38. The molecule has 0 spiro atoms. The van der Waals surface area contributed by atoms with Gasteiger partial charge in [0.1, 0.15) is 0 Å². The van der Waals surface area contributed by atoms with Crippen LogP contribution in [0.15, 0.2) is 18.2 Å². The SMILES string of the molecule is COc1cc(CNC2CC2)ccc1OCCC1CC1. The van der Waals surface area contributed by atoms with Gasteiger partial charge >= 0.3 is 0 Å². The second kappa shape index (κ2) is 5.83. The van der Waals surface area contributed by atoms with Gasteiger partial charge in [-0.2, -0.15) is 0 Å². The van der Waals surface area contributed by atoms with E-state index in [1.165, 1.54) is 37.7 Å². The summed E-state index contributed by atoms with van der Waals surface area (Å²) in [5.74, 6) is 2.64. The van der Waals surface area contributed by atoms with Crippen LogP contribution in [0.2, 0.25) is 0 Å². The van der Waals surface area contributed by atoms with Crippen molar-refractivity contribution in [2.75, 3.05) is 13.7 Å². The number of ether oxygens (including phenoxy) is 2. The lowest BCUT2D eigenvalue weighted by atomic mass is 10.2. The smallest absolute Gasteiger partial charge is 0.161 e. The van der Waals surface area contributed by atoms with Crippen LogP contribution in [0, 0.1) is 5.92 Å². The fourth-order valence-electron chi connectivity index (χ4n) is 2.23. The van der Waals surface area contributed by atoms with Gasteiger partial charge in [-0.15, -0.1) is 0 Å². The second-order valence-corrected chi connectivity index (χ2v) is 5.72. The van der Waals surface area contributed by atoms with Crippen LogP contribution in [0.1, 0.15) is 37.7 Å². The van der Waals surface area contributed by atoms with E-state index in [1.54, 1.807) is 7.11 Å². The zero-order chi connectivity index (χ0) is 13.1. The van der Waals surface area contributed by atoms with Crippen molar-refractivity contribution in [2.45, 2.75) is 44.7 Å².